The van der Waals surface area contributed by atoms with E-state index in [1.165, 1.54) is 0 Å². The quantitative estimate of drug-likeness (QED) is 0.521. The average molecular weight is 353 g/mol. The second kappa shape index (κ2) is 5.27. The van der Waals surface area contributed by atoms with Crippen LogP contribution in [0.5, 0.6) is 0 Å². The Morgan fingerprint density at radius 2 is 1.55 bits per heavy atom. The third-order valence-electron chi connectivity index (χ3n) is 3.88. The van der Waals surface area contributed by atoms with Crippen LogP contribution in [0.3, 0.4) is 0 Å². The number of fused-ring (bicyclic) bond motifs is 3. The van der Waals surface area contributed by atoms with Gasteiger partial charge < -0.3 is 9.52 Å². The zero-order valence-corrected chi connectivity index (χ0v) is 13.2. The summed E-state index contributed by atoms with van der Waals surface area (Å²) in [6.07, 6.45) is -0.671. The number of aliphatic hydroxyl groups is 1. The molecule has 2 nitrogen and oxygen atoms in total. The monoisotopic (exact) mass is 352 g/mol. The van der Waals surface area contributed by atoms with Crippen LogP contribution in [0, 0.1) is 0 Å². The molecular weight excluding hydrogens is 340 g/mol. The molecule has 0 aliphatic rings. The molecule has 0 bridgehead atoms. The summed E-state index contributed by atoms with van der Waals surface area (Å²) in [5, 5.41) is 12.8. The maximum absolute atomic E-state index is 10.6. The van der Waals surface area contributed by atoms with Crippen molar-refractivity contribution in [3.8, 4) is 0 Å². The van der Waals surface area contributed by atoms with E-state index in [4.69, 9.17) is 4.42 Å². The Hall–Kier alpha value is -2.10. The van der Waals surface area contributed by atoms with Crippen LogP contribution in [0.4, 0.5) is 0 Å². The zero-order chi connectivity index (χ0) is 15.1. The minimum atomic E-state index is -0.671. The molecule has 0 saturated heterocycles. The van der Waals surface area contributed by atoms with Crippen molar-refractivity contribution in [2.45, 2.75) is 6.10 Å². The summed E-state index contributed by atoms with van der Waals surface area (Å²) >= 11 is 3.44. The van der Waals surface area contributed by atoms with Crippen molar-refractivity contribution >= 4 is 37.9 Å². The molecule has 0 spiro atoms. The van der Waals surface area contributed by atoms with Gasteiger partial charge in [-0.1, -0.05) is 58.4 Å². The van der Waals surface area contributed by atoms with E-state index in [1.54, 1.807) is 0 Å². The van der Waals surface area contributed by atoms with Gasteiger partial charge in [-0.3, -0.25) is 0 Å². The lowest BCUT2D eigenvalue weighted by Gasteiger charge is -2.11. The lowest BCUT2D eigenvalue weighted by atomic mass is 10.0. The molecule has 0 amide bonds. The van der Waals surface area contributed by atoms with Crippen LogP contribution in [-0.2, 0) is 0 Å². The molecule has 1 heterocycles. The van der Waals surface area contributed by atoms with Gasteiger partial charge in [-0.05, 0) is 35.4 Å². The number of furan rings is 1. The summed E-state index contributed by atoms with van der Waals surface area (Å²) < 4.78 is 6.84. The van der Waals surface area contributed by atoms with Gasteiger partial charge in [-0.15, -0.1) is 0 Å². The highest BCUT2D eigenvalue weighted by molar-refractivity contribution is 9.10. The second-order valence-corrected chi connectivity index (χ2v) is 6.23. The number of benzene rings is 3. The fourth-order valence-electron chi connectivity index (χ4n) is 2.78. The molecule has 1 N–H and O–H groups in total. The van der Waals surface area contributed by atoms with Crippen molar-refractivity contribution in [3.63, 3.8) is 0 Å². The standard InChI is InChI=1S/C19H13BrO2/c20-14-5-3-4-12(10-14)19(21)13-8-9-16-15-6-1-2-7-17(15)22-18(16)11-13/h1-11,19,21H/t19-/m1/s1. The summed E-state index contributed by atoms with van der Waals surface area (Å²) in [6, 6.07) is 21.6. The number of rotatable bonds is 2. The zero-order valence-electron chi connectivity index (χ0n) is 11.7. The molecular formula is C19H13BrO2. The Morgan fingerprint density at radius 1 is 0.773 bits per heavy atom. The molecule has 3 heteroatoms. The maximum atomic E-state index is 10.6. The molecule has 0 aliphatic heterocycles. The highest BCUT2D eigenvalue weighted by Gasteiger charge is 2.13. The average Bonchev–Trinajstić information content (AvgIpc) is 2.91. The number of halogens is 1. The summed E-state index contributed by atoms with van der Waals surface area (Å²) in [7, 11) is 0. The van der Waals surface area contributed by atoms with Gasteiger partial charge >= 0.3 is 0 Å². The smallest absolute Gasteiger partial charge is 0.135 e. The Balaban J connectivity index is 1.84. The fourth-order valence-corrected chi connectivity index (χ4v) is 3.20. The van der Waals surface area contributed by atoms with E-state index in [-0.39, 0.29) is 0 Å². The van der Waals surface area contributed by atoms with Crippen LogP contribution < -0.4 is 0 Å². The van der Waals surface area contributed by atoms with Crippen LogP contribution in [0.1, 0.15) is 17.2 Å². The first-order valence-corrected chi connectivity index (χ1v) is 7.86. The summed E-state index contributed by atoms with van der Waals surface area (Å²) in [6.45, 7) is 0. The molecule has 108 valence electrons. The summed E-state index contributed by atoms with van der Waals surface area (Å²) in [5.74, 6) is 0. The van der Waals surface area contributed by atoms with E-state index in [1.807, 2.05) is 66.7 Å². The van der Waals surface area contributed by atoms with Gasteiger partial charge in [-0.2, -0.15) is 0 Å². The van der Waals surface area contributed by atoms with E-state index < -0.39 is 6.10 Å². The minimum Gasteiger partial charge on any atom is -0.456 e. The first-order valence-electron chi connectivity index (χ1n) is 7.07. The van der Waals surface area contributed by atoms with E-state index in [9.17, 15) is 5.11 Å². The van der Waals surface area contributed by atoms with Crippen LogP contribution in [0.15, 0.2) is 75.6 Å². The van der Waals surface area contributed by atoms with Crippen LogP contribution in [0.25, 0.3) is 21.9 Å². The molecule has 0 fully saturated rings. The van der Waals surface area contributed by atoms with E-state index in [0.29, 0.717) is 0 Å². The summed E-state index contributed by atoms with van der Waals surface area (Å²) in [4.78, 5) is 0. The number of aliphatic hydroxyl groups excluding tert-OH is 1. The number of hydrogen-bond donors (Lipinski definition) is 1. The maximum Gasteiger partial charge on any atom is 0.135 e. The van der Waals surface area contributed by atoms with Crippen LogP contribution >= 0.6 is 15.9 Å². The SMILES string of the molecule is O[C@H](c1cccc(Br)c1)c1ccc2c(c1)oc1ccccc12. The molecule has 1 atom stereocenters. The first-order chi connectivity index (χ1) is 10.7. The highest BCUT2D eigenvalue weighted by Crippen LogP contribution is 2.32. The molecule has 1 aromatic heterocycles. The molecule has 0 aliphatic carbocycles. The Labute approximate surface area is 136 Å². The van der Waals surface area contributed by atoms with Crippen molar-refractivity contribution in [2.24, 2.45) is 0 Å². The normalized spacial score (nSPS) is 12.8. The topological polar surface area (TPSA) is 33.4 Å². The van der Waals surface area contributed by atoms with Crippen LogP contribution in [0.2, 0.25) is 0 Å². The second-order valence-electron chi connectivity index (χ2n) is 5.31. The highest BCUT2D eigenvalue weighted by atomic mass is 79.9. The number of para-hydroxylation sites is 1. The molecule has 0 unspecified atom stereocenters. The van der Waals surface area contributed by atoms with Crippen molar-refractivity contribution in [1.82, 2.24) is 0 Å². The fraction of sp³-hybridized carbons (Fsp3) is 0.0526. The van der Waals surface area contributed by atoms with Gasteiger partial charge in [0, 0.05) is 15.2 Å². The predicted molar refractivity (Wildman–Crippen MR) is 91.9 cm³/mol. The van der Waals surface area contributed by atoms with E-state index in [2.05, 4.69) is 15.9 Å². The molecule has 4 rings (SSSR count). The molecule has 3 aromatic carbocycles. The van der Waals surface area contributed by atoms with Gasteiger partial charge in [0.1, 0.15) is 17.3 Å². The third kappa shape index (κ3) is 2.23. The largest absolute Gasteiger partial charge is 0.456 e. The van der Waals surface area contributed by atoms with Gasteiger partial charge in [0.25, 0.3) is 0 Å². The van der Waals surface area contributed by atoms with Crippen molar-refractivity contribution in [3.05, 3.63) is 82.3 Å². The van der Waals surface area contributed by atoms with Crippen molar-refractivity contribution in [1.29, 1.82) is 0 Å². The first kappa shape index (κ1) is 13.6. The molecule has 22 heavy (non-hydrogen) atoms. The molecule has 0 radical (unpaired) electrons. The molecule has 4 aromatic rings. The lowest BCUT2D eigenvalue weighted by molar-refractivity contribution is 0.220. The Bertz CT molecular complexity index is 971. The van der Waals surface area contributed by atoms with E-state index >= 15 is 0 Å². The van der Waals surface area contributed by atoms with Gasteiger partial charge in [0.15, 0.2) is 0 Å². The van der Waals surface area contributed by atoms with Crippen molar-refractivity contribution < 1.29 is 9.52 Å². The summed E-state index contributed by atoms with van der Waals surface area (Å²) in [5.41, 5.74) is 3.34. The Kier molecular flexibility index (Phi) is 3.25. The Morgan fingerprint density at radius 3 is 2.41 bits per heavy atom. The van der Waals surface area contributed by atoms with Gasteiger partial charge in [0.05, 0.1) is 0 Å². The van der Waals surface area contributed by atoms with Gasteiger partial charge in [-0.25, -0.2) is 0 Å². The lowest BCUT2D eigenvalue weighted by Crippen LogP contribution is -1.99. The van der Waals surface area contributed by atoms with E-state index in [0.717, 1.165) is 37.5 Å². The minimum absolute atomic E-state index is 0.671. The van der Waals surface area contributed by atoms with Crippen LogP contribution in [-0.4, -0.2) is 5.11 Å². The third-order valence-corrected chi connectivity index (χ3v) is 4.38. The number of hydrogen-bond acceptors (Lipinski definition) is 2. The van der Waals surface area contributed by atoms with Crippen molar-refractivity contribution in [2.75, 3.05) is 0 Å². The van der Waals surface area contributed by atoms with Gasteiger partial charge in [0.2, 0.25) is 0 Å². The predicted octanol–water partition coefficient (Wildman–Crippen LogP) is 5.43. The molecule has 0 saturated carbocycles.